The van der Waals surface area contributed by atoms with Crippen molar-refractivity contribution in [3.63, 3.8) is 0 Å². The summed E-state index contributed by atoms with van der Waals surface area (Å²) in [4.78, 5) is 0. The van der Waals surface area contributed by atoms with E-state index in [0.29, 0.717) is 0 Å². The molecule has 0 saturated carbocycles. The Kier molecular flexibility index (Phi) is 4.88. The van der Waals surface area contributed by atoms with Gasteiger partial charge in [-0.1, -0.05) is 48.5 Å². The van der Waals surface area contributed by atoms with Gasteiger partial charge in [0.1, 0.15) is 0 Å². The van der Waals surface area contributed by atoms with Crippen molar-refractivity contribution in [1.29, 1.82) is 0 Å². The van der Waals surface area contributed by atoms with E-state index in [1.165, 1.54) is 22.0 Å². The molecule has 0 radical (unpaired) electrons. The number of nitrogens with one attached hydrogen (secondary N) is 1. The molecule has 1 heterocycles. The molecule has 0 bridgehead atoms. The van der Waals surface area contributed by atoms with Crippen LogP contribution in [0.4, 0.5) is 0 Å². The zero-order valence-electron chi connectivity index (χ0n) is 12.7. The molecule has 3 rings (SSSR count). The second-order valence-corrected chi connectivity index (χ2v) is 5.54. The van der Waals surface area contributed by atoms with E-state index in [-0.39, 0.29) is 6.61 Å². The van der Waals surface area contributed by atoms with Crippen LogP contribution in [0.5, 0.6) is 0 Å². The number of hydrogen-bond acceptors (Lipinski definition) is 2. The molecular weight excluding hydrogens is 272 g/mol. The van der Waals surface area contributed by atoms with Crippen molar-refractivity contribution in [2.75, 3.05) is 13.2 Å². The van der Waals surface area contributed by atoms with E-state index in [9.17, 15) is 0 Å². The van der Waals surface area contributed by atoms with Gasteiger partial charge in [0.25, 0.3) is 0 Å². The number of rotatable bonds is 7. The van der Waals surface area contributed by atoms with Gasteiger partial charge in [-0.05, 0) is 30.2 Å². The Hall–Kier alpha value is -2.10. The number of aliphatic hydroxyl groups excluding tert-OH is 1. The van der Waals surface area contributed by atoms with E-state index < -0.39 is 0 Å². The molecule has 22 heavy (non-hydrogen) atoms. The Bertz CT molecular complexity index is 719. The predicted molar refractivity (Wildman–Crippen MR) is 90.9 cm³/mol. The zero-order chi connectivity index (χ0) is 15.2. The lowest BCUT2D eigenvalue weighted by molar-refractivity contribution is 0.286. The molecule has 3 heteroatoms. The number of benzene rings is 2. The predicted octanol–water partition coefficient (Wildman–Crippen LogP) is 3.16. The van der Waals surface area contributed by atoms with Gasteiger partial charge in [0.2, 0.25) is 0 Å². The summed E-state index contributed by atoms with van der Waals surface area (Å²) < 4.78 is 2.31. The SMILES string of the molecule is OCCCNCc1cn(Cc2ccccc2)c2ccccc12. The van der Waals surface area contributed by atoms with Gasteiger partial charge in [-0.15, -0.1) is 0 Å². The number of fused-ring (bicyclic) bond motifs is 1. The molecule has 1 aromatic heterocycles. The molecule has 114 valence electrons. The fourth-order valence-corrected chi connectivity index (χ4v) is 2.80. The maximum Gasteiger partial charge on any atom is 0.0486 e. The first kappa shape index (κ1) is 14.8. The molecule has 2 aromatic carbocycles. The van der Waals surface area contributed by atoms with Gasteiger partial charge in [0, 0.05) is 36.8 Å². The van der Waals surface area contributed by atoms with Crippen LogP contribution in [0, 0.1) is 0 Å². The second-order valence-electron chi connectivity index (χ2n) is 5.54. The quantitative estimate of drug-likeness (QED) is 0.657. The fraction of sp³-hybridized carbons (Fsp3) is 0.263. The molecule has 0 fully saturated rings. The highest BCUT2D eigenvalue weighted by Crippen LogP contribution is 2.22. The molecule has 0 aliphatic rings. The van der Waals surface area contributed by atoms with Gasteiger partial charge < -0.3 is 15.0 Å². The molecule has 0 amide bonds. The van der Waals surface area contributed by atoms with Crippen LogP contribution in [0.3, 0.4) is 0 Å². The van der Waals surface area contributed by atoms with Crippen LogP contribution in [-0.2, 0) is 13.1 Å². The maximum absolute atomic E-state index is 8.86. The van der Waals surface area contributed by atoms with Gasteiger partial charge in [-0.25, -0.2) is 0 Å². The lowest BCUT2D eigenvalue weighted by Crippen LogP contribution is -2.15. The molecule has 0 spiro atoms. The van der Waals surface area contributed by atoms with Crippen molar-refractivity contribution in [1.82, 2.24) is 9.88 Å². The molecular formula is C19H22N2O. The zero-order valence-corrected chi connectivity index (χ0v) is 12.7. The minimum Gasteiger partial charge on any atom is -0.396 e. The van der Waals surface area contributed by atoms with Crippen LogP contribution in [0.25, 0.3) is 10.9 Å². The highest BCUT2D eigenvalue weighted by Gasteiger charge is 2.08. The van der Waals surface area contributed by atoms with Crippen molar-refractivity contribution >= 4 is 10.9 Å². The minimum atomic E-state index is 0.239. The van der Waals surface area contributed by atoms with Crippen molar-refractivity contribution in [3.8, 4) is 0 Å². The maximum atomic E-state index is 8.86. The van der Waals surface area contributed by atoms with Crippen LogP contribution < -0.4 is 5.32 Å². The van der Waals surface area contributed by atoms with E-state index in [0.717, 1.165) is 26.1 Å². The lowest BCUT2D eigenvalue weighted by Gasteiger charge is -2.05. The van der Waals surface area contributed by atoms with Gasteiger partial charge in [0.05, 0.1) is 0 Å². The summed E-state index contributed by atoms with van der Waals surface area (Å²) in [5.74, 6) is 0. The molecule has 0 aliphatic heterocycles. The van der Waals surface area contributed by atoms with Crippen LogP contribution in [0.1, 0.15) is 17.5 Å². The Balaban J connectivity index is 1.84. The van der Waals surface area contributed by atoms with Crippen molar-refractivity contribution in [2.45, 2.75) is 19.5 Å². The third-order valence-corrected chi connectivity index (χ3v) is 3.89. The summed E-state index contributed by atoms with van der Waals surface area (Å²) in [5.41, 5.74) is 3.89. The van der Waals surface area contributed by atoms with Gasteiger partial charge >= 0.3 is 0 Å². The normalized spacial score (nSPS) is 11.1. The molecule has 3 aromatic rings. The molecule has 0 aliphatic carbocycles. The lowest BCUT2D eigenvalue weighted by atomic mass is 10.2. The first-order valence-corrected chi connectivity index (χ1v) is 7.81. The average Bonchev–Trinajstić information content (AvgIpc) is 2.91. The summed E-state index contributed by atoms with van der Waals surface area (Å²) in [6.45, 7) is 2.80. The standard InChI is InChI=1S/C19H22N2O/c22-12-6-11-20-13-17-15-21(14-16-7-2-1-3-8-16)19-10-5-4-9-18(17)19/h1-5,7-10,15,20,22H,6,11-14H2. The average molecular weight is 294 g/mol. The van der Waals surface area contributed by atoms with Crippen molar-refractivity contribution < 1.29 is 5.11 Å². The first-order valence-electron chi connectivity index (χ1n) is 7.81. The topological polar surface area (TPSA) is 37.2 Å². The van der Waals surface area contributed by atoms with Crippen LogP contribution in [0.15, 0.2) is 60.8 Å². The number of aliphatic hydroxyl groups is 1. The molecule has 0 saturated heterocycles. The number of hydrogen-bond donors (Lipinski definition) is 2. The van der Waals surface area contributed by atoms with E-state index in [4.69, 9.17) is 5.11 Å². The number of para-hydroxylation sites is 1. The summed E-state index contributed by atoms with van der Waals surface area (Å²) in [6.07, 6.45) is 3.03. The Morgan fingerprint density at radius 3 is 2.55 bits per heavy atom. The van der Waals surface area contributed by atoms with Gasteiger partial charge in [-0.3, -0.25) is 0 Å². The Labute approximate surface area is 131 Å². The number of nitrogens with zero attached hydrogens (tertiary/aromatic N) is 1. The number of aromatic nitrogens is 1. The summed E-state index contributed by atoms with van der Waals surface area (Å²) in [6, 6.07) is 19.1. The summed E-state index contributed by atoms with van der Waals surface area (Å²) >= 11 is 0. The smallest absolute Gasteiger partial charge is 0.0486 e. The van der Waals surface area contributed by atoms with Crippen molar-refractivity contribution in [2.24, 2.45) is 0 Å². The fourth-order valence-electron chi connectivity index (χ4n) is 2.80. The summed E-state index contributed by atoms with van der Waals surface area (Å²) in [7, 11) is 0. The van der Waals surface area contributed by atoms with Crippen LogP contribution in [-0.4, -0.2) is 22.8 Å². The highest BCUT2D eigenvalue weighted by atomic mass is 16.3. The van der Waals surface area contributed by atoms with E-state index in [1.807, 2.05) is 6.07 Å². The highest BCUT2D eigenvalue weighted by molar-refractivity contribution is 5.84. The Morgan fingerprint density at radius 2 is 1.73 bits per heavy atom. The van der Waals surface area contributed by atoms with Crippen molar-refractivity contribution in [3.05, 3.63) is 71.9 Å². The molecule has 2 N–H and O–H groups in total. The minimum absolute atomic E-state index is 0.239. The first-order chi connectivity index (χ1) is 10.9. The molecule has 0 unspecified atom stereocenters. The Morgan fingerprint density at radius 1 is 0.955 bits per heavy atom. The van der Waals surface area contributed by atoms with Crippen LogP contribution >= 0.6 is 0 Å². The third-order valence-electron chi connectivity index (χ3n) is 3.89. The second kappa shape index (κ2) is 7.25. The van der Waals surface area contributed by atoms with Crippen LogP contribution in [0.2, 0.25) is 0 Å². The largest absolute Gasteiger partial charge is 0.396 e. The summed E-state index contributed by atoms with van der Waals surface area (Å²) in [5, 5.41) is 13.6. The van der Waals surface area contributed by atoms with E-state index in [1.54, 1.807) is 0 Å². The molecule has 3 nitrogen and oxygen atoms in total. The molecule has 0 atom stereocenters. The monoisotopic (exact) mass is 294 g/mol. The third kappa shape index (κ3) is 3.38. The van der Waals surface area contributed by atoms with E-state index >= 15 is 0 Å². The van der Waals surface area contributed by atoms with E-state index in [2.05, 4.69) is 64.6 Å². The van der Waals surface area contributed by atoms with Gasteiger partial charge in [0.15, 0.2) is 0 Å². The van der Waals surface area contributed by atoms with Gasteiger partial charge in [-0.2, -0.15) is 0 Å².